The maximum absolute atomic E-state index is 3.19. The Morgan fingerprint density at radius 1 is 1.12 bits per heavy atom. The summed E-state index contributed by atoms with van der Waals surface area (Å²) < 4.78 is 2.22. The van der Waals surface area contributed by atoms with Crippen LogP contribution in [0.5, 0.6) is 0 Å². The van der Waals surface area contributed by atoms with Crippen molar-refractivity contribution in [3.63, 3.8) is 0 Å². The molecular weight excluding hydrogens is 392 g/mol. The second-order valence-corrected chi connectivity index (χ2v) is 6.15. The summed E-state index contributed by atoms with van der Waals surface area (Å²) in [5, 5.41) is 2.64. The molecule has 0 atom stereocenters. The third kappa shape index (κ3) is 5.69. The van der Waals surface area contributed by atoms with Gasteiger partial charge in [0.25, 0.3) is 0 Å². The summed E-state index contributed by atoms with van der Waals surface area (Å²) in [4.78, 5) is 0. The van der Waals surface area contributed by atoms with Gasteiger partial charge >= 0.3 is 21.7 Å². The number of aromatic nitrogens is 1. The predicted octanol–water partition coefficient (Wildman–Crippen LogP) is 0.0209. The van der Waals surface area contributed by atoms with Gasteiger partial charge in [0, 0.05) is 14.5 Å². The molecule has 0 unspecified atom stereocenters. The molecule has 3 aromatic rings. The minimum Gasteiger partial charge on any atom is -1.00 e. The number of allylic oxidation sites excluding steroid dienone is 4. The summed E-state index contributed by atoms with van der Waals surface area (Å²) in [6.45, 7) is 4.22. The average molecular weight is 410 g/mol. The molecule has 0 saturated carbocycles. The second kappa shape index (κ2) is 11.0. The van der Waals surface area contributed by atoms with Crippen LogP contribution >= 0.6 is 8.35 Å². The van der Waals surface area contributed by atoms with E-state index in [9.17, 15) is 0 Å². The van der Waals surface area contributed by atoms with Gasteiger partial charge in [0.15, 0.2) is 0 Å². The topological polar surface area (TPSA) is 4.93 Å². The minimum atomic E-state index is 0. The van der Waals surface area contributed by atoms with Gasteiger partial charge in [-0.1, -0.05) is 13.0 Å². The van der Waals surface area contributed by atoms with E-state index in [0.717, 1.165) is 6.42 Å². The fourth-order valence-corrected chi connectivity index (χ4v) is 3.04. The van der Waals surface area contributed by atoms with Gasteiger partial charge in [-0.25, -0.2) is 11.1 Å². The maximum atomic E-state index is 3.19. The van der Waals surface area contributed by atoms with Crippen molar-refractivity contribution in [2.45, 2.75) is 20.3 Å². The number of rotatable bonds is 1. The van der Waals surface area contributed by atoms with Gasteiger partial charge in [0.1, 0.15) is 0 Å². The van der Waals surface area contributed by atoms with Crippen LogP contribution in [0.25, 0.3) is 16.5 Å². The Labute approximate surface area is 173 Å². The van der Waals surface area contributed by atoms with Crippen molar-refractivity contribution in [1.29, 1.82) is 0 Å². The van der Waals surface area contributed by atoms with Crippen molar-refractivity contribution >= 4 is 19.1 Å². The number of halogens is 2. The number of nitrogens with zero attached hydrogens (tertiary/aromatic N) is 1. The van der Waals surface area contributed by atoms with Gasteiger partial charge in [-0.2, -0.15) is 6.08 Å². The zero-order valence-electron chi connectivity index (χ0n) is 13.6. The number of benzene rings is 1. The van der Waals surface area contributed by atoms with Crippen LogP contribution in [0.3, 0.4) is 0 Å². The van der Waals surface area contributed by atoms with E-state index in [2.05, 4.69) is 84.8 Å². The first-order valence-electron chi connectivity index (χ1n) is 7.14. The van der Waals surface area contributed by atoms with Crippen molar-refractivity contribution in [1.82, 2.24) is 4.33 Å². The maximum Gasteiger partial charge on any atom is 4.00 e. The van der Waals surface area contributed by atoms with Crippen molar-refractivity contribution in [2.24, 2.45) is 0 Å². The Hall–Kier alpha value is -0.686. The van der Waals surface area contributed by atoms with Gasteiger partial charge in [0.05, 0.1) is 0 Å². The zero-order valence-corrected chi connectivity index (χ0v) is 17.6. The smallest absolute Gasteiger partial charge is 1.00 e. The van der Waals surface area contributed by atoms with Crippen LogP contribution in [0.15, 0.2) is 71.7 Å². The molecule has 2 aromatic carbocycles. The third-order valence-corrected chi connectivity index (χ3v) is 4.66. The molecule has 0 saturated heterocycles. The van der Waals surface area contributed by atoms with Crippen LogP contribution in [0, 0.1) is 6.08 Å². The van der Waals surface area contributed by atoms with Crippen molar-refractivity contribution in [3.8, 4) is 5.69 Å². The molecule has 1 heterocycles. The summed E-state index contributed by atoms with van der Waals surface area (Å²) in [6.07, 6.45) is 8.52. The second-order valence-electron chi connectivity index (χ2n) is 5.19. The molecule has 122 valence electrons. The molecule has 1 aromatic heterocycles. The standard InChI is InChI=1S/C12H9NP.C7H9.2ClH.Ti/c1-2-5-11-9-12(8-10(11)4-1)13-6-3-7-14-13;1-6-4-3-5-7(6)2;;;/h1-9H;4H,3H2,1-2H3;2*1H;/q2*-1;;;+4/p-2. The molecule has 1 aliphatic rings. The van der Waals surface area contributed by atoms with E-state index in [1.807, 2.05) is 0 Å². The molecule has 0 aliphatic heterocycles. The summed E-state index contributed by atoms with van der Waals surface area (Å²) >= 11 is 0. The van der Waals surface area contributed by atoms with E-state index < -0.39 is 0 Å². The third-order valence-electron chi connectivity index (χ3n) is 3.74. The monoisotopic (exact) mass is 409 g/mol. The van der Waals surface area contributed by atoms with Crippen LogP contribution in [0.2, 0.25) is 0 Å². The van der Waals surface area contributed by atoms with Gasteiger partial charge in [-0.15, -0.1) is 54.4 Å². The molecule has 1 aliphatic carbocycles. The van der Waals surface area contributed by atoms with Crippen LogP contribution in [-0.4, -0.2) is 4.33 Å². The van der Waals surface area contributed by atoms with Crippen LogP contribution in [0.4, 0.5) is 0 Å². The summed E-state index contributed by atoms with van der Waals surface area (Å²) in [5.74, 6) is 2.14. The summed E-state index contributed by atoms with van der Waals surface area (Å²) in [5.41, 5.74) is 3.98. The molecule has 0 N–H and O–H groups in total. The Bertz CT molecular complexity index is 755. The Kier molecular flexibility index (Phi) is 10.7. The number of hydrogen-bond donors (Lipinski definition) is 0. The van der Waals surface area contributed by atoms with Crippen LogP contribution in [0.1, 0.15) is 20.3 Å². The Morgan fingerprint density at radius 3 is 2.38 bits per heavy atom. The van der Waals surface area contributed by atoms with E-state index in [0.29, 0.717) is 0 Å². The molecule has 0 fully saturated rings. The van der Waals surface area contributed by atoms with E-state index in [-0.39, 0.29) is 46.5 Å². The van der Waals surface area contributed by atoms with Crippen molar-refractivity contribution in [2.75, 3.05) is 0 Å². The average Bonchev–Trinajstić information content (AvgIpc) is 3.21. The molecule has 4 rings (SSSR count). The van der Waals surface area contributed by atoms with Gasteiger partial charge in [-0.05, 0) is 17.6 Å². The molecule has 0 amide bonds. The fraction of sp³-hybridized carbons (Fsp3) is 0.158. The van der Waals surface area contributed by atoms with Crippen LogP contribution in [-0.2, 0) is 21.7 Å². The Balaban J connectivity index is 0.000000463. The molecule has 0 radical (unpaired) electrons. The molecule has 1 nitrogen and oxygen atoms in total. The SMILES string of the molecule is CC1=[C-]CC=C1C.[Cl-].[Cl-].[Ti+4].c1ccc2[cH-]c(-n3cccp3)cc2c1. The molecule has 0 spiro atoms. The van der Waals surface area contributed by atoms with E-state index in [4.69, 9.17) is 0 Å². The minimum absolute atomic E-state index is 0. The van der Waals surface area contributed by atoms with E-state index >= 15 is 0 Å². The van der Waals surface area contributed by atoms with Gasteiger partial charge in [-0.3, -0.25) is 6.08 Å². The number of fused-ring (bicyclic) bond motifs is 1. The van der Waals surface area contributed by atoms with E-state index in [1.165, 1.54) is 36.0 Å². The number of hydrogen-bond acceptors (Lipinski definition) is 0. The first-order chi connectivity index (χ1) is 10.2. The fourth-order valence-electron chi connectivity index (χ4n) is 2.34. The van der Waals surface area contributed by atoms with Crippen LogP contribution < -0.4 is 24.8 Å². The normalized spacial score (nSPS) is 12.2. The predicted molar refractivity (Wildman–Crippen MR) is 92.2 cm³/mol. The molecule has 0 bridgehead atoms. The van der Waals surface area contributed by atoms with Crippen molar-refractivity contribution < 1.29 is 46.5 Å². The molecular formula is C19H18Cl2NPTi. The summed E-state index contributed by atoms with van der Waals surface area (Å²) in [7, 11) is 1.23. The largest absolute Gasteiger partial charge is 4.00 e. The quantitative estimate of drug-likeness (QED) is 0.394. The van der Waals surface area contributed by atoms with Crippen molar-refractivity contribution in [3.05, 3.63) is 77.8 Å². The molecule has 5 heteroatoms. The molecule has 24 heavy (non-hydrogen) atoms. The zero-order chi connectivity index (χ0) is 14.7. The van der Waals surface area contributed by atoms with Gasteiger partial charge < -0.3 is 29.1 Å². The van der Waals surface area contributed by atoms with E-state index in [1.54, 1.807) is 0 Å². The first kappa shape index (κ1) is 23.3. The van der Waals surface area contributed by atoms with Gasteiger partial charge in [0.2, 0.25) is 0 Å². The first-order valence-corrected chi connectivity index (χ1v) is 8.06. The Morgan fingerprint density at radius 2 is 1.88 bits per heavy atom. The summed E-state index contributed by atoms with van der Waals surface area (Å²) in [6, 6.07) is 15.0.